The predicted octanol–water partition coefficient (Wildman–Crippen LogP) is 5.08. The number of ether oxygens (including phenoxy) is 1. The third-order valence-electron chi connectivity index (χ3n) is 7.36. The zero-order valence-electron chi connectivity index (χ0n) is 21.8. The van der Waals surface area contributed by atoms with E-state index in [1.165, 1.54) is 13.3 Å². The van der Waals surface area contributed by atoms with E-state index < -0.39 is 38.5 Å². The Hall–Kier alpha value is -2.66. The number of carbonyl (C=O) groups is 1. The fourth-order valence-corrected chi connectivity index (χ4v) is 5.58. The highest BCUT2D eigenvalue weighted by atomic mass is 28.4. The summed E-state index contributed by atoms with van der Waals surface area (Å²) in [5.74, 6) is 0.000103. The van der Waals surface area contributed by atoms with Crippen LogP contribution in [0.25, 0.3) is 11.0 Å². The molecular weight excluding hydrogens is 479 g/mol. The lowest BCUT2D eigenvalue weighted by Gasteiger charge is -2.41. The number of fused-ring (bicyclic) bond motifs is 1. The van der Waals surface area contributed by atoms with E-state index in [1.807, 2.05) is 6.07 Å². The number of halogens is 1. The highest BCUT2D eigenvalue weighted by Crippen LogP contribution is 2.48. The minimum absolute atomic E-state index is 0.149. The molecule has 0 bridgehead atoms. The van der Waals surface area contributed by atoms with Gasteiger partial charge in [-0.05, 0) is 50.2 Å². The molecule has 2 N–H and O–H groups in total. The van der Waals surface area contributed by atoms with E-state index >= 15 is 4.39 Å². The van der Waals surface area contributed by atoms with E-state index in [-0.39, 0.29) is 10.9 Å². The molecule has 194 valence electrons. The van der Waals surface area contributed by atoms with E-state index in [1.54, 1.807) is 48.0 Å². The molecule has 10 heteroatoms. The second-order valence-corrected chi connectivity index (χ2v) is 15.9. The van der Waals surface area contributed by atoms with E-state index in [0.717, 1.165) is 0 Å². The number of benzene rings is 1. The first kappa shape index (κ1) is 26.4. The Kier molecular flexibility index (Phi) is 6.84. The number of carbonyl (C=O) groups excluding carboxylic acids is 1. The van der Waals surface area contributed by atoms with Gasteiger partial charge in [-0.25, -0.2) is 14.4 Å². The minimum Gasteiger partial charge on any atom is -0.408 e. The van der Waals surface area contributed by atoms with Crippen LogP contribution in [0.15, 0.2) is 48.9 Å². The molecule has 0 radical (unpaired) electrons. The molecule has 1 amide bonds. The Labute approximate surface area is 212 Å². The molecule has 1 saturated heterocycles. The Morgan fingerprint density at radius 2 is 1.92 bits per heavy atom. The van der Waals surface area contributed by atoms with Gasteiger partial charge >= 0.3 is 0 Å². The fourth-order valence-electron chi connectivity index (χ4n) is 4.22. The first-order valence-corrected chi connectivity index (χ1v) is 15.0. The van der Waals surface area contributed by atoms with Gasteiger partial charge in [0, 0.05) is 11.8 Å². The third kappa shape index (κ3) is 4.70. The maximum Gasteiger partial charge on any atom is 0.256 e. The van der Waals surface area contributed by atoms with Crippen molar-refractivity contribution in [3.05, 3.63) is 54.5 Å². The van der Waals surface area contributed by atoms with Crippen LogP contribution in [0.2, 0.25) is 18.1 Å². The number of amides is 1. The van der Waals surface area contributed by atoms with E-state index in [0.29, 0.717) is 22.4 Å². The zero-order chi connectivity index (χ0) is 26.5. The van der Waals surface area contributed by atoms with Crippen molar-refractivity contribution < 1.29 is 23.5 Å². The molecule has 1 fully saturated rings. The van der Waals surface area contributed by atoms with Gasteiger partial charge in [0.1, 0.15) is 30.0 Å². The largest absolute Gasteiger partial charge is 0.408 e. The second kappa shape index (κ2) is 9.33. The van der Waals surface area contributed by atoms with Crippen LogP contribution in [0.3, 0.4) is 0 Å². The van der Waals surface area contributed by atoms with Crippen LogP contribution in [0.5, 0.6) is 0 Å². The standard InChI is InChI=1S/C26H35FN4O4Si/c1-16(32)19-20(35-36(6,7)25(2,3)4)26(5,27)24(34-19)31-14-13-18-21(28-15-29-22(18)31)30-23(33)17-11-9-8-10-12-17/h8-16,19-20,24,32H,1-7H3,(H,28,29,30,33)/t16?,19-,20-,24-,26-/m1/s1. The summed E-state index contributed by atoms with van der Waals surface area (Å²) in [6.45, 7) is 13.4. The lowest BCUT2D eigenvalue weighted by Crippen LogP contribution is -2.53. The highest BCUT2D eigenvalue weighted by molar-refractivity contribution is 6.74. The first-order valence-electron chi connectivity index (χ1n) is 12.1. The van der Waals surface area contributed by atoms with Gasteiger partial charge in [-0.15, -0.1) is 0 Å². The van der Waals surface area contributed by atoms with Crippen molar-refractivity contribution in [1.82, 2.24) is 14.5 Å². The summed E-state index contributed by atoms with van der Waals surface area (Å²) >= 11 is 0. The van der Waals surface area contributed by atoms with E-state index in [2.05, 4.69) is 49.1 Å². The van der Waals surface area contributed by atoms with Crippen molar-refractivity contribution in [1.29, 1.82) is 0 Å². The van der Waals surface area contributed by atoms with Gasteiger partial charge in [-0.2, -0.15) is 0 Å². The maximum atomic E-state index is 16.6. The zero-order valence-corrected chi connectivity index (χ0v) is 22.8. The Bertz CT molecular complexity index is 1240. The van der Waals surface area contributed by atoms with Crippen molar-refractivity contribution >= 4 is 31.1 Å². The summed E-state index contributed by atoms with van der Waals surface area (Å²) in [6, 6.07) is 10.5. The summed E-state index contributed by atoms with van der Waals surface area (Å²) < 4.78 is 30.8. The summed E-state index contributed by atoms with van der Waals surface area (Å²) in [6.07, 6.45) is -0.905. The average Bonchev–Trinajstić information content (AvgIpc) is 3.32. The van der Waals surface area contributed by atoms with Crippen molar-refractivity contribution in [2.75, 3.05) is 5.32 Å². The predicted molar refractivity (Wildman–Crippen MR) is 139 cm³/mol. The first-order chi connectivity index (χ1) is 16.7. The topological polar surface area (TPSA) is 98.5 Å². The van der Waals surface area contributed by atoms with Gasteiger partial charge in [0.15, 0.2) is 20.2 Å². The van der Waals surface area contributed by atoms with Gasteiger partial charge < -0.3 is 24.2 Å². The van der Waals surface area contributed by atoms with Gasteiger partial charge in [-0.3, -0.25) is 4.79 Å². The van der Waals surface area contributed by atoms with Crippen LogP contribution in [0, 0.1) is 0 Å². The highest BCUT2D eigenvalue weighted by Gasteiger charge is 2.60. The van der Waals surface area contributed by atoms with Gasteiger partial charge in [-0.1, -0.05) is 39.0 Å². The molecule has 36 heavy (non-hydrogen) atoms. The second-order valence-electron chi connectivity index (χ2n) is 11.1. The molecule has 1 aliphatic rings. The average molecular weight is 515 g/mol. The number of hydrogen-bond donors (Lipinski definition) is 2. The molecule has 0 saturated carbocycles. The molecule has 4 rings (SSSR count). The van der Waals surface area contributed by atoms with Crippen LogP contribution >= 0.6 is 0 Å². The molecule has 0 aliphatic carbocycles. The molecule has 5 atom stereocenters. The number of aliphatic hydroxyl groups is 1. The summed E-state index contributed by atoms with van der Waals surface area (Å²) in [5, 5.41) is 13.7. The molecule has 8 nitrogen and oxygen atoms in total. The maximum absolute atomic E-state index is 16.6. The van der Waals surface area contributed by atoms with Gasteiger partial charge in [0.25, 0.3) is 5.91 Å². The molecule has 3 heterocycles. The van der Waals surface area contributed by atoms with Crippen molar-refractivity contribution in [2.45, 2.75) is 83.0 Å². The van der Waals surface area contributed by atoms with E-state index in [9.17, 15) is 9.90 Å². The van der Waals surface area contributed by atoms with Gasteiger partial charge in [0.05, 0.1) is 11.5 Å². The molecule has 1 unspecified atom stereocenters. The normalized spacial score (nSPS) is 25.8. The number of nitrogens with one attached hydrogen (secondary N) is 1. The quantitative estimate of drug-likeness (QED) is 0.445. The minimum atomic E-state index is -2.39. The number of aromatic nitrogens is 3. The summed E-state index contributed by atoms with van der Waals surface area (Å²) in [4.78, 5) is 21.3. The Morgan fingerprint density at radius 3 is 2.53 bits per heavy atom. The lowest BCUT2D eigenvalue weighted by molar-refractivity contribution is -0.0786. The van der Waals surface area contributed by atoms with Crippen molar-refractivity contribution in [3.63, 3.8) is 0 Å². The SMILES string of the molecule is CC(O)[C@H]1O[C@@H](n2ccc3c(NC(=O)c4ccccc4)ncnc32)[C@](C)(F)[C@@H]1O[Si](C)(C)C(C)(C)C. The van der Waals surface area contributed by atoms with Crippen LogP contribution in [0.1, 0.15) is 51.2 Å². The molecule has 1 aromatic carbocycles. The Morgan fingerprint density at radius 1 is 1.25 bits per heavy atom. The number of alkyl halides is 1. The number of rotatable bonds is 6. The molecule has 3 aromatic rings. The molecule has 0 spiro atoms. The smallest absolute Gasteiger partial charge is 0.256 e. The van der Waals surface area contributed by atoms with Crippen LogP contribution < -0.4 is 5.32 Å². The van der Waals surface area contributed by atoms with E-state index in [4.69, 9.17) is 9.16 Å². The molecular formula is C26H35FN4O4Si. The number of anilines is 1. The van der Waals surface area contributed by atoms with Crippen molar-refractivity contribution in [3.8, 4) is 0 Å². The van der Waals surface area contributed by atoms with Gasteiger partial charge in [0.2, 0.25) is 0 Å². The molecule has 2 aromatic heterocycles. The lowest BCUT2D eigenvalue weighted by atomic mass is 9.96. The fraction of sp³-hybridized carbons (Fsp3) is 0.500. The molecule has 1 aliphatic heterocycles. The van der Waals surface area contributed by atoms with Crippen LogP contribution in [-0.4, -0.2) is 57.8 Å². The van der Waals surface area contributed by atoms with Crippen molar-refractivity contribution in [2.24, 2.45) is 0 Å². The Balaban J connectivity index is 1.69. The summed E-state index contributed by atoms with van der Waals surface area (Å²) in [5.41, 5.74) is -1.08. The number of hydrogen-bond acceptors (Lipinski definition) is 6. The van der Waals surface area contributed by atoms with Crippen LogP contribution in [-0.2, 0) is 9.16 Å². The monoisotopic (exact) mass is 514 g/mol. The number of nitrogens with zero attached hydrogens (tertiary/aromatic N) is 3. The van der Waals surface area contributed by atoms with Crippen LogP contribution in [0.4, 0.5) is 10.2 Å². The summed E-state index contributed by atoms with van der Waals surface area (Å²) in [7, 11) is -2.39. The third-order valence-corrected chi connectivity index (χ3v) is 11.8. The number of aliphatic hydroxyl groups excluding tert-OH is 1.